The number of hydrogen-bond acceptors (Lipinski definition) is 3. The minimum atomic E-state index is -0.223. The van der Waals surface area contributed by atoms with Crippen molar-refractivity contribution in [2.45, 2.75) is 53.1 Å². The van der Waals surface area contributed by atoms with Crippen molar-refractivity contribution in [3.63, 3.8) is 0 Å². The first-order valence-electron chi connectivity index (χ1n) is 8.47. The second kappa shape index (κ2) is 6.63. The second-order valence-corrected chi connectivity index (χ2v) is 6.75. The fourth-order valence-electron chi connectivity index (χ4n) is 2.94. The Labute approximate surface area is 142 Å². The smallest absolute Gasteiger partial charge is 0.320 e. The van der Waals surface area contributed by atoms with Gasteiger partial charge in [-0.25, -0.2) is 9.48 Å². The number of hydrogen-bond donors (Lipinski definition) is 2. The largest absolute Gasteiger partial charge is 0.334 e. The first-order valence-corrected chi connectivity index (χ1v) is 8.47. The van der Waals surface area contributed by atoms with Gasteiger partial charge in [-0.3, -0.25) is 10.3 Å². The van der Waals surface area contributed by atoms with Crippen LogP contribution in [0.15, 0.2) is 18.3 Å². The predicted octanol–water partition coefficient (Wildman–Crippen LogP) is 3.50. The Hall–Kier alpha value is -2.37. The van der Waals surface area contributed by atoms with Crippen molar-refractivity contribution in [1.29, 1.82) is 0 Å². The zero-order chi connectivity index (χ0) is 17.3. The van der Waals surface area contributed by atoms with Gasteiger partial charge in [-0.15, -0.1) is 0 Å². The second-order valence-electron chi connectivity index (χ2n) is 6.75. The zero-order valence-electron chi connectivity index (χ0n) is 14.8. The Morgan fingerprint density at radius 2 is 2.04 bits per heavy atom. The van der Waals surface area contributed by atoms with Crippen molar-refractivity contribution in [1.82, 2.24) is 20.1 Å². The molecule has 0 spiro atoms. The molecule has 0 radical (unpaired) electrons. The number of nitrogens with one attached hydrogen (secondary N) is 2. The Balaban J connectivity index is 1.62. The maximum atomic E-state index is 12.2. The molecular formula is C18H25N5O. The Kier molecular flexibility index (Phi) is 4.55. The summed E-state index contributed by atoms with van der Waals surface area (Å²) in [5, 5.41) is 10.4. The van der Waals surface area contributed by atoms with E-state index in [1.165, 1.54) is 12.8 Å². The van der Waals surface area contributed by atoms with Crippen LogP contribution in [0.25, 0.3) is 0 Å². The third-order valence-corrected chi connectivity index (χ3v) is 4.58. The van der Waals surface area contributed by atoms with Gasteiger partial charge >= 0.3 is 6.03 Å². The van der Waals surface area contributed by atoms with Crippen molar-refractivity contribution in [2.75, 3.05) is 5.32 Å². The number of pyridine rings is 1. The van der Waals surface area contributed by atoms with Gasteiger partial charge in [0.25, 0.3) is 0 Å². The van der Waals surface area contributed by atoms with Crippen LogP contribution in [0.2, 0.25) is 0 Å². The highest BCUT2D eigenvalue weighted by molar-refractivity contribution is 5.88. The summed E-state index contributed by atoms with van der Waals surface area (Å²) in [7, 11) is 0. The van der Waals surface area contributed by atoms with Crippen molar-refractivity contribution >= 4 is 11.8 Å². The van der Waals surface area contributed by atoms with E-state index >= 15 is 0 Å². The van der Waals surface area contributed by atoms with Gasteiger partial charge in [0, 0.05) is 24.5 Å². The van der Waals surface area contributed by atoms with Crippen LogP contribution in [-0.2, 0) is 6.54 Å². The summed E-state index contributed by atoms with van der Waals surface area (Å²) in [4.78, 5) is 16.5. The van der Waals surface area contributed by atoms with Crippen LogP contribution in [0, 0.1) is 26.7 Å². The molecule has 2 aromatic rings. The lowest BCUT2D eigenvalue weighted by atomic mass is 10.1. The molecule has 6 heteroatoms. The molecule has 0 unspecified atom stereocenters. The molecule has 6 nitrogen and oxygen atoms in total. The maximum absolute atomic E-state index is 12.2. The summed E-state index contributed by atoms with van der Waals surface area (Å²) in [5.41, 5.74) is 4.04. The Bertz CT molecular complexity index is 748. The summed E-state index contributed by atoms with van der Waals surface area (Å²) >= 11 is 0. The van der Waals surface area contributed by atoms with E-state index in [0.29, 0.717) is 18.5 Å². The van der Waals surface area contributed by atoms with Gasteiger partial charge in [0.1, 0.15) is 5.82 Å². The third-order valence-electron chi connectivity index (χ3n) is 4.58. The number of rotatable bonds is 5. The van der Waals surface area contributed by atoms with Gasteiger partial charge in [-0.05, 0) is 63.6 Å². The van der Waals surface area contributed by atoms with Gasteiger partial charge in [-0.2, -0.15) is 5.10 Å². The normalized spacial score (nSPS) is 15.2. The lowest BCUT2D eigenvalue weighted by Gasteiger charge is -2.16. The SMILES string of the molecule is Cc1cc(C)c(CNC(=O)Nc2cc(C)nn2[C@H](C)C2CC2)cn1. The highest BCUT2D eigenvalue weighted by Crippen LogP contribution is 2.40. The van der Waals surface area contributed by atoms with Crippen LogP contribution in [0.3, 0.4) is 0 Å². The fraction of sp³-hybridized carbons (Fsp3) is 0.500. The van der Waals surface area contributed by atoms with Crippen molar-refractivity contribution in [3.05, 3.63) is 40.8 Å². The third kappa shape index (κ3) is 3.75. The van der Waals surface area contributed by atoms with Crippen molar-refractivity contribution < 1.29 is 4.79 Å². The van der Waals surface area contributed by atoms with Crippen molar-refractivity contribution in [3.8, 4) is 0 Å². The molecule has 1 fully saturated rings. The molecule has 128 valence electrons. The number of anilines is 1. The van der Waals surface area contributed by atoms with E-state index in [4.69, 9.17) is 0 Å². The minimum Gasteiger partial charge on any atom is -0.334 e. The lowest BCUT2D eigenvalue weighted by Crippen LogP contribution is -2.30. The van der Waals surface area contributed by atoms with Gasteiger partial charge in [-0.1, -0.05) is 0 Å². The molecule has 0 aliphatic heterocycles. The van der Waals surface area contributed by atoms with E-state index in [2.05, 4.69) is 27.6 Å². The topological polar surface area (TPSA) is 71.8 Å². The minimum absolute atomic E-state index is 0.223. The molecular weight excluding hydrogens is 302 g/mol. The number of urea groups is 1. The van der Waals surface area contributed by atoms with Crippen LogP contribution >= 0.6 is 0 Å². The van der Waals surface area contributed by atoms with E-state index in [1.807, 2.05) is 43.8 Å². The number of carbonyl (C=O) groups excluding carboxylic acids is 1. The van der Waals surface area contributed by atoms with Crippen molar-refractivity contribution in [2.24, 2.45) is 5.92 Å². The summed E-state index contributed by atoms with van der Waals surface area (Å²) < 4.78 is 1.94. The highest BCUT2D eigenvalue weighted by Gasteiger charge is 2.31. The van der Waals surface area contributed by atoms with Crippen LogP contribution in [0.5, 0.6) is 0 Å². The van der Waals surface area contributed by atoms with E-state index in [0.717, 1.165) is 28.3 Å². The van der Waals surface area contributed by atoms with E-state index in [-0.39, 0.29) is 6.03 Å². The molecule has 0 aromatic carbocycles. The quantitative estimate of drug-likeness (QED) is 0.883. The predicted molar refractivity (Wildman–Crippen MR) is 94.0 cm³/mol. The molecule has 2 heterocycles. The summed E-state index contributed by atoms with van der Waals surface area (Å²) in [6.07, 6.45) is 4.30. The van der Waals surface area contributed by atoms with Gasteiger partial charge in [0.2, 0.25) is 0 Å². The average molecular weight is 327 g/mol. The first kappa shape index (κ1) is 16.5. The number of aromatic nitrogens is 3. The molecule has 24 heavy (non-hydrogen) atoms. The van der Waals surface area contributed by atoms with Gasteiger partial charge < -0.3 is 5.32 Å². The van der Waals surface area contributed by atoms with Crippen LogP contribution in [-0.4, -0.2) is 20.8 Å². The summed E-state index contributed by atoms with van der Waals surface area (Å²) in [6, 6.07) is 4.03. The van der Waals surface area contributed by atoms with Gasteiger partial charge in [0.15, 0.2) is 0 Å². The molecule has 0 bridgehead atoms. The molecule has 1 saturated carbocycles. The molecule has 2 aromatic heterocycles. The Morgan fingerprint density at radius 3 is 2.71 bits per heavy atom. The number of nitrogens with zero attached hydrogens (tertiary/aromatic N) is 3. The Morgan fingerprint density at radius 1 is 1.29 bits per heavy atom. The molecule has 2 amide bonds. The molecule has 1 aliphatic carbocycles. The standard InChI is InChI=1S/C18H25N5O/c1-11-7-12(2)19-9-16(11)10-20-18(24)21-17-8-13(3)22-23(17)14(4)15-5-6-15/h7-9,14-15H,5-6,10H2,1-4H3,(H2,20,21,24)/t14-/m1/s1. The zero-order valence-corrected chi connectivity index (χ0v) is 14.8. The van der Waals surface area contributed by atoms with Crippen LogP contribution < -0.4 is 10.6 Å². The fourth-order valence-corrected chi connectivity index (χ4v) is 2.94. The van der Waals surface area contributed by atoms with Crippen LogP contribution in [0.1, 0.15) is 48.3 Å². The van der Waals surface area contributed by atoms with Crippen LogP contribution in [0.4, 0.5) is 10.6 Å². The van der Waals surface area contributed by atoms with E-state index < -0.39 is 0 Å². The first-order chi connectivity index (χ1) is 11.4. The molecule has 2 N–H and O–H groups in total. The molecule has 1 atom stereocenters. The monoisotopic (exact) mass is 327 g/mol. The highest BCUT2D eigenvalue weighted by atomic mass is 16.2. The van der Waals surface area contributed by atoms with E-state index in [9.17, 15) is 4.79 Å². The maximum Gasteiger partial charge on any atom is 0.320 e. The summed E-state index contributed by atoms with van der Waals surface area (Å²) in [6.45, 7) is 8.55. The average Bonchev–Trinajstić information content (AvgIpc) is 3.30. The molecule has 1 aliphatic rings. The van der Waals surface area contributed by atoms with E-state index in [1.54, 1.807) is 0 Å². The molecule has 3 rings (SSSR count). The number of amides is 2. The number of carbonyl (C=O) groups is 1. The van der Waals surface area contributed by atoms with Gasteiger partial charge in [0.05, 0.1) is 11.7 Å². The number of aryl methyl sites for hydroxylation is 3. The summed E-state index contributed by atoms with van der Waals surface area (Å²) in [5.74, 6) is 1.43. The molecule has 0 saturated heterocycles. The lowest BCUT2D eigenvalue weighted by molar-refractivity contribution is 0.251.